The molecule has 3 aromatic rings. The van der Waals surface area contributed by atoms with Crippen LogP contribution < -0.4 is 0 Å². The molecule has 0 fully saturated rings. The van der Waals surface area contributed by atoms with Gasteiger partial charge in [-0.25, -0.2) is 0 Å². The van der Waals surface area contributed by atoms with E-state index in [2.05, 4.69) is 76.5 Å². The second-order valence-corrected chi connectivity index (χ2v) is 7.34. The van der Waals surface area contributed by atoms with Gasteiger partial charge in [0.25, 0.3) is 0 Å². The molecule has 0 spiro atoms. The van der Waals surface area contributed by atoms with Crippen LogP contribution in [0.3, 0.4) is 0 Å². The van der Waals surface area contributed by atoms with Crippen LogP contribution in [-0.4, -0.2) is 4.57 Å². The Balaban J connectivity index is 1.84. The molecule has 0 N–H and O–H groups in total. The number of rotatable bonds is 7. The summed E-state index contributed by atoms with van der Waals surface area (Å²) in [4.78, 5) is 0. The van der Waals surface area contributed by atoms with Gasteiger partial charge >= 0.3 is 0 Å². The normalized spacial score (nSPS) is 11.5. The molecule has 0 aliphatic carbocycles. The minimum atomic E-state index is 1.14. The fourth-order valence-electron chi connectivity index (χ4n) is 3.32. The molecule has 0 saturated carbocycles. The molecule has 116 valence electrons. The number of aryl methyl sites for hydroxylation is 1. The first-order valence-electron chi connectivity index (χ1n) is 8.47. The first kappa shape index (κ1) is 15.9. The maximum atomic E-state index is 2.51. The summed E-state index contributed by atoms with van der Waals surface area (Å²) < 4.78 is 3.83. The number of fused-ring (bicyclic) bond motifs is 3. The molecular weight excluding hydrogens is 381 g/mol. The van der Waals surface area contributed by atoms with Crippen molar-refractivity contribution in [3.8, 4) is 0 Å². The molecule has 0 aliphatic rings. The van der Waals surface area contributed by atoms with E-state index in [-0.39, 0.29) is 0 Å². The molecule has 1 nitrogen and oxygen atoms in total. The predicted molar refractivity (Wildman–Crippen MR) is 106 cm³/mol. The number of nitrogens with zero attached hydrogens (tertiary/aromatic N) is 1. The van der Waals surface area contributed by atoms with Gasteiger partial charge < -0.3 is 4.57 Å². The Morgan fingerprint density at radius 3 is 2.41 bits per heavy atom. The molecule has 2 aromatic carbocycles. The largest absolute Gasteiger partial charge is 0.340 e. The highest BCUT2D eigenvalue weighted by Crippen LogP contribution is 2.30. The van der Waals surface area contributed by atoms with E-state index in [4.69, 9.17) is 0 Å². The zero-order valence-electron chi connectivity index (χ0n) is 13.3. The molecule has 1 aromatic heterocycles. The summed E-state index contributed by atoms with van der Waals surface area (Å²) in [7, 11) is 0. The third-order valence-electron chi connectivity index (χ3n) is 4.47. The molecule has 1 heterocycles. The number of aromatic nitrogens is 1. The van der Waals surface area contributed by atoms with Crippen molar-refractivity contribution in [1.29, 1.82) is 0 Å². The first-order chi connectivity index (χ1) is 10.8. The number of para-hydroxylation sites is 1. The van der Waals surface area contributed by atoms with Gasteiger partial charge in [0.1, 0.15) is 0 Å². The Morgan fingerprint density at radius 2 is 1.55 bits per heavy atom. The lowest BCUT2D eigenvalue weighted by molar-refractivity contribution is 0.571. The summed E-state index contributed by atoms with van der Waals surface area (Å²) in [6.07, 6.45) is 8.10. The van der Waals surface area contributed by atoms with Crippen LogP contribution in [0.4, 0.5) is 0 Å². The first-order valence-corrected chi connectivity index (χ1v) is 9.55. The average Bonchev–Trinajstić information content (AvgIpc) is 2.84. The lowest BCUT2D eigenvalue weighted by Crippen LogP contribution is -1.97. The molecule has 0 atom stereocenters. The number of benzene rings is 2. The van der Waals surface area contributed by atoms with Gasteiger partial charge in [-0.15, -0.1) is 0 Å². The highest BCUT2D eigenvalue weighted by Gasteiger charge is 2.09. The third-order valence-corrected chi connectivity index (χ3v) is 5.14. The van der Waals surface area contributed by atoms with E-state index >= 15 is 0 Å². The quantitative estimate of drug-likeness (QED) is 0.302. The number of unbranched alkanes of at least 4 members (excludes halogenated alkanes) is 5. The summed E-state index contributed by atoms with van der Waals surface area (Å²) in [5, 5.41) is 2.79. The second kappa shape index (κ2) is 7.49. The SMILES string of the molecule is CCCCCCCCn1c2ccccc2c2cc(I)ccc21. The van der Waals surface area contributed by atoms with E-state index in [0.29, 0.717) is 0 Å². The monoisotopic (exact) mass is 405 g/mol. The Kier molecular flexibility index (Phi) is 5.40. The fraction of sp³-hybridized carbons (Fsp3) is 0.400. The molecule has 0 amide bonds. The van der Waals surface area contributed by atoms with E-state index in [1.807, 2.05) is 0 Å². The van der Waals surface area contributed by atoms with Crippen LogP contribution in [0, 0.1) is 3.57 Å². The smallest absolute Gasteiger partial charge is 0.0492 e. The summed E-state index contributed by atoms with van der Waals surface area (Å²) in [5.41, 5.74) is 2.77. The molecule has 2 heteroatoms. The van der Waals surface area contributed by atoms with Gasteiger partial charge in [0, 0.05) is 31.9 Å². The Bertz CT molecular complexity index is 757. The van der Waals surface area contributed by atoms with Crippen LogP contribution in [0.15, 0.2) is 42.5 Å². The lowest BCUT2D eigenvalue weighted by atomic mass is 10.1. The molecular formula is C20H24IN. The van der Waals surface area contributed by atoms with Gasteiger partial charge in [0.15, 0.2) is 0 Å². The van der Waals surface area contributed by atoms with Crippen molar-refractivity contribution >= 4 is 44.4 Å². The highest BCUT2D eigenvalue weighted by molar-refractivity contribution is 14.1. The van der Waals surface area contributed by atoms with Gasteiger partial charge in [-0.2, -0.15) is 0 Å². The maximum absolute atomic E-state index is 2.51. The Labute approximate surface area is 146 Å². The standard InChI is InChI=1S/C20H24IN/c1-2-3-4-5-6-9-14-22-19-11-8-7-10-17(19)18-15-16(21)12-13-20(18)22/h7-8,10-13,15H,2-6,9,14H2,1H3. The lowest BCUT2D eigenvalue weighted by Gasteiger charge is -2.07. The van der Waals surface area contributed by atoms with Crippen LogP contribution >= 0.6 is 22.6 Å². The minimum absolute atomic E-state index is 1.14. The molecule has 0 saturated heterocycles. The fourth-order valence-corrected chi connectivity index (χ4v) is 3.81. The van der Waals surface area contributed by atoms with Crippen molar-refractivity contribution in [2.45, 2.75) is 52.0 Å². The average molecular weight is 405 g/mol. The van der Waals surface area contributed by atoms with Crippen LogP contribution in [0.5, 0.6) is 0 Å². The molecule has 0 radical (unpaired) electrons. The molecule has 0 unspecified atom stereocenters. The van der Waals surface area contributed by atoms with Gasteiger partial charge in [-0.1, -0.05) is 57.2 Å². The number of halogens is 1. The molecule has 22 heavy (non-hydrogen) atoms. The summed E-state index contributed by atoms with van der Waals surface area (Å²) in [6.45, 7) is 3.41. The zero-order chi connectivity index (χ0) is 15.4. The summed E-state index contributed by atoms with van der Waals surface area (Å²) >= 11 is 2.41. The molecule has 0 aliphatic heterocycles. The van der Waals surface area contributed by atoms with Crippen molar-refractivity contribution in [3.63, 3.8) is 0 Å². The predicted octanol–water partition coefficient (Wildman–Crippen LogP) is 6.76. The van der Waals surface area contributed by atoms with Crippen molar-refractivity contribution in [3.05, 3.63) is 46.0 Å². The van der Waals surface area contributed by atoms with Gasteiger partial charge in [0.05, 0.1) is 0 Å². The van der Waals surface area contributed by atoms with Crippen molar-refractivity contribution in [2.24, 2.45) is 0 Å². The van der Waals surface area contributed by atoms with Crippen LogP contribution in [0.25, 0.3) is 21.8 Å². The van der Waals surface area contributed by atoms with Crippen molar-refractivity contribution in [1.82, 2.24) is 4.57 Å². The Hall–Kier alpha value is -1.03. The Morgan fingerprint density at radius 1 is 0.818 bits per heavy atom. The van der Waals surface area contributed by atoms with E-state index in [0.717, 1.165) is 6.54 Å². The van der Waals surface area contributed by atoms with E-state index in [9.17, 15) is 0 Å². The van der Waals surface area contributed by atoms with E-state index in [1.54, 1.807) is 0 Å². The molecule has 3 rings (SSSR count). The van der Waals surface area contributed by atoms with E-state index < -0.39 is 0 Å². The van der Waals surface area contributed by atoms with Gasteiger partial charge in [-0.05, 0) is 53.3 Å². The number of hydrogen-bond donors (Lipinski definition) is 0. The topological polar surface area (TPSA) is 4.93 Å². The van der Waals surface area contributed by atoms with Crippen LogP contribution in [-0.2, 0) is 6.54 Å². The summed E-state index contributed by atoms with van der Waals surface area (Å²) in [5.74, 6) is 0. The van der Waals surface area contributed by atoms with Crippen molar-refractivity contribution < 1.29 is 0 Å². The second-order valence-electron chi connectivity index (χ2n) is 6.10. The summed E-state index contributed by atoms with van der Waals surface area (Å²) in [6, 6.07) is 15.6. The van der Waals surface area contributed by atoms with E-state index in [1.165, 1.54) is 63.9 Å². The van der Waals surface area contributed by atoms with Crippen LogP contribution in [0.2, 0.25) is 0 Å². The van der Waals surface area contributed by atoms with Gasteiger partial charge in [0.2, 0.25) is 0 Å². The zero-order valence-corrected chi connectivity index (χ0v) is 15.5. The molecule has 0 bridgehead atoms. The third kappa shape index (κ3) is 3.32. The van der Waals surface area contributed by atoms with Crippen molar-refractivity contribution in [2.75, 3.05) is 0 Å². The maximum Gasteiger partial charge on any atom is 0.0492 e. The van der Waals surface area contributed by atoms with Gasteiger partial charge in [-0.3, -0.25) is 0 Å². The minimum Gasteiger partial charge on any atom is -0.340 e. The number of hydrogen-bond acceptors (Lipinski definition) is 0. The highest BCUT2D eigenvalue weighted by atomic mass is 127. The van der Waals surface area contributed by atoms with Crippen LogP contribution in [0.1, 0.15) is 45.4 Å².